The lowest BCUT2D eigenvalue weighted by Gasteiger charge is -2.38. The predicted octanol–water partition coefficient (Wildman–Crippen LogP) is 4.73. The van der Waals surface area contributed by atoms with E-state index in [-0.39, 0.29) is 17.2 Å². The van der Waals surface area contributed by atoms with Crippen molar-refractivity contribution in [1.29, 1.82) is 0 Å². The minimum atomic E-state index is -0.313. The van der Waals surface area contributed by atoms with Gasteiger partial charge in [-0.25, -0.2) is 4.68 Å². The average Bonchev–Trinajstić information content (AvgIpc) is 3.14. The molecule has 1 N–H and O–H groups in total. The fraction of sp³-hybridized carbons (Fsp3) is 0.261. The Hall–Kier alpha value is -3.41. The fourth-order valence-corrected chi connectivity index (χ4v) is 4.23. The normalized spacial score (nSPS) is 19.9. The quantitative estimate of drug-likeness (QED) is 0.705. The lowest BCUT2D eigenvalue weighted by Crippen LogP contribution is -2.36. The number of benzene rings is 2. The molecule has 0 fully saturated rings. The molecule has 29 heavy (non-hydrogen) atoms. The van der Waals surface area contributed by atoms with Crippen LogP contribution in [0.25, 0.3) is 0 Å². The number of para-hydroxylation sites is 1. The van der Waals surface area contributed by atoms with Gasteiger partial charge in [-0.3, -0.25) is 4.79 Å². The summed E-state index contributed by atoms with van der Waals surface area (Å²) in [5, 5.41) is 7.74. The number of ketones is 1. The molecular formula is C23H22N4O2. The smallest absolute Gasteiger partial charge is 0.226 e. The lowest BCUT2D eigenvalue weighted by molar-refractivity contribution is -0.118. The SMILES string of the molecule is CC1(C)CC(=O)C2=C(C1)Nc1ncnn1[C@H]2c1cccc(Oc2ccccc2)c1. The average molecular weight is 386 g/mol. The van der Waals surface area contributed by atoms with E-state index in [2.05, 4.69) is 29.2 Å². The van der Waals surface area contributed by atoms with Gasteiger partial charge in [-0.15, -0.1) is 0 Å². The zero-order valence-electron chi connectivity index (χ0n) is 16.4. The fourth-order valence-electron chi connectivity index (χ4n) is 4.23. The summed E-state index contributed by atoms with van der Waals surface area (Å²) in [4.78, 5) is 17.5. The molecule has 3 aromatic rings. The molecule has 6 nitrogen and oxygen atoms in total. The number of hydrogen-bond acceptors (Lipinski definition) is 5. The molecule has 1 atom stereocenters. The van der Waals surface area contributed by atoms with Crippen molar-refractivity contribution < 1.29 is 9.53 Å². The monoisotopic (exact) mass is 386 g/mol. The first-order valence-electron chi connectivity index (χ1n) is 9.76. The van der Waals surface area contributed by atoms with Gasteiger partial charge in [-0.2, -0.15) is 10.1 Å². The second-order valence-electron chi connectivity index (χ2n) is 8.38. The highest BCUT2D eigenvalue weighted by molar-refractivity contribution is 6.00. The van der Waals surface area contributed by atoms with Gasteiger partial charge in [-0.1, -0.05) is 44.2 Å². The van der Waals surface area contributed by atoms with E-state index in [1.165, 1.54) is 6.33 Å². The molecule has 1 aromatic heterocycles. The van der Waals surface area contributed by atoms with E-state index < -0.39 is 0 Å². The van der Waals surface area contributed by atoms with Crippen molar-refractivity contribution in [2.75, 3.05) is 5.32 Å². The number of allylic oxidation sites excluding steroid dienone is 2. The van der Waals surface area contributed by atoms with E-state index in [0.717, 1.165) is 34.8 Å². The largest absolute Gasteiger partial charge is 0.457 e. The first-order valence-corrected chi connectivity index (χ1v) is 9.76. The van der Waals surface area contributed by atoms with E-state index in [4.69, 9.17) is 4.74 Å². The summed E-state index contributed by atoms with van der Waals surface area (Å²) >= 11 is 0. The van der Waals surface area contributed by atoms with Gasteiger partial charge < -0.3 is 10.1 Å². The standard InChI is InChI=1S/C23H22N4O2/c1-23(2)12-18-20(19(28)13-23)21(27-22(26-18)24-14-25-27)15-7-6-10-17(11-15)29-16-8-4-3-5-9-16/h3-11,14,21H,12-13H2,1-2H3,(H,24,25,26)/t21-/m0/s1. The summed E-state index contributed by atoms with van der Waals surface area (Å²) in [7, 11) is 0. The Morgan fingerprint density at radius 1 is 1.07 bits per heavy atom. The predicted molar refractivity (Wildman–Crippen MR) is 110 cm³/mol. The highest BCUT2D eigenvalue weighted by Gasteiger charge is 2.41. The third kappa shape index (κ3) is 3.20. The lowest BCUT2D eigenvalue weighted by atomic mass is 9.73. The highest BCUT2D eigenvalue weighted by Crippen LogP contribution is 2.45. The first-order chi connectivity index (χ1) is 14.0. The van der Waals surface area contributed by atoms with Gasteiger partial charge in [0.1, 0.15) is 23.9 Å². The molecule has 0 unspecified atom stereocenters. The molecule has 0 radical (unpaired) electrons. The molecule has 0 bridgehead atoms. The van der Waals surface area contributed by atoms with Crippen LogP contribution in [-0.4, -0.2) is 20.5 Å². The molecule has 2 aromatic carbocycles. The van der Waals surface area contributed by atoms with Crippen LogP contribution in [-0.2, 0) is 4.79 Å². The summed E-state index contributed by atoms with van der Waals surface area (Å²) in [6.07, 6.45) is 2.85. The molecule has 2 aliphatic rings. The second-order valence-corrected chi connectivity index (χ2v) is 8.38. The van der Waals surface area contributed by atoms with Gasteiger partial charge in [0.25, 0.3) is 0 Å². The van der Waals surface area contributed by atoms with Crippen LogP contribution in [0.3, 0.4) is 0 Å². The van der Waals surface area contributed by atoms with Crippen molar-refractivity contribution >= 4 is 11.7 Å². The molecule has 1 aliphatic carbocycles. The number of rotatable bonds is 3. The Morgan fingerprint density at radius 2 is 1.86 bits per heavy atom. The van der Waals surface area contributed by atoms with Crippen LogP contribution < -0.4 is 10.1 Å². The number of carbonyl (C=O) groups excluding carboxylic acids is 1. The minimum Gasteiger partial charge on any atom is -0.457 e. The van der Waals surface area contributed by atoms with Crippen LogP contribution in [0.15, 0.2) is 72.2 Å². The third-order valence-corrected chi connectivity index (χ3v) is 5.43. The molecule has 2 heterocycles. The molecule has 5 rings (SSSR count). The van der Waals surface area contributed by atoms with Crippen molar-refractivity contribution in [2.45, 2.75) is 32.7 Å². The van der Waals surface area contributed by atoms with Crippen molar-refractivity contribution in [3.63, 3.8) is 0 Å². The molecular weight excluding hydrogens is 364 g/mol. The van der Waals surface area contributed by atoms with Crippen molar-refractivity contribution in [1.82, 2.24) is 14.8 Å². The summed E-state index contributed by atoms with van der Waals surface area (Å²) in [5.41, 5.74) is 2.60. The van der Waals surface area contributed by atoms with E-state index in [0.29, 0.717) is 12.4 Å². The van der Waals surface area contributed by atoms with Crippen LogP contribution in [0.5, 0.6) is 11.5 Å². The number of Topliss-reactive ketones (excluding diaryl/α,β-unsaturated/α-hetero) is 1. The Labute approximate surface area is 169 Å². The van der Waals surface area contributed by atoms with Crippen LogP contribution in [0, 0.1) is 5.41 Å². The molecule has 0 saturated heterocycles. The van der Waals surface area contributed by atoms with Crippen LogP contribution >= 0.6 is 0 Å². The van der Waals surface area contributed by atoms with Gasteiger partial charge in [-0.05, 0) is 41.7 Å². The number of nitrogens with zero attached hydrogens (tertiary/aromatic N) is 3. The van der Waals surface area contributed by atoms with Gasteiger partial charge in [0.15, 0.2) is 5.78 Å². The summed E-state index contributed by atoms with van der Waals surface area (Å²) in [6, 6.07) is 17.2. The number of hydrogen-bond donors (Lipinski definition) is 1. The van der Waals surface area contributed by atoms with Crippen LogP contribution in [0.1, 0.15) is 38.3 Å². The minimum absolute atomic E-state index is 0.0755. The van der Waals surface area contributed by atoms with Crippen LogP contribution in [0.4, 0.5) is 5.95 Å². The Bertz CT molecular complexity index is 1110. The van der Waals surface area contributed by atoms with Crippen molar-refractivity contribution in [3.05, 3.63) is 77.8 Å². The Balaban J connectivity index is 1.58. The molecule has 0 saturated carbocycles. The maximum absolute atomic E-state index is 13.1. The molecule has 0 amide bonds. The van der Waals surface area contributed by atoms with E-state index >= 15 is 0 Å². The van der Waals surface area contributed by atoms with Gasteiger partial charge in [0.05, 0.1) is 0 Å². The summed E-state index contributed by atoms with van der Waals surface area (Å²) < 4.78 is 7.80. The zero-order chi connectivity index (χ0) is 20.0. The number of fused-ring (bicyclic) bond motifs is 1. The maximum Gasteiger partial charge on any atom is 0.226 e. The van der Waals surface area contributed by atoms with E-state index in [1.54, 1.807) is 4.68 Å². The Kier molecular flexibility index (Phi) is 4.01. The molecule has 6 heteroatoms. The van der Waals surface area contributed by atoms with Gasteiger partial charge >= 0.3 is 0 Å². The van der Waals surface area contributed by atoms with Gasteiger partial charge in [0.2, 0.25) is 5.95 Å². The first kappa shape index (κ1) is 17.7. The Morgan fingerprint density at radius 3 is 2.69 bits per heavy atom. The molecule has 1 aliphatic heterocycles. The summed E-state index contributed by atoms with van der Waals surface area (Å²) in [6.45, 7) is 4.25. The zero-order valence-corrected chi connectivity index (χ0v) is 16.4. The number of nitrogens with one attached hydrogen (secondary N) is 1. The molecule has 0 spiro atoms. The summed E-state index contributed by atoms with van der Waals surface area (Å²) in [5.74, 6) is 2.31. The number of ether oxygens (including phenoxy) is 1. The van der Waals surface area contributed by atoms with E-state index in [9.17, 15) is 4.79 Å². The number of anilines is 1. The maximum atomic E-state index is 13.1. The van der Waals surface area contributed by atoms with Gasteiger partial charge in [0, 0.05) is 17.7 Å². The highest BCUT2D eigenvalue weighted by atomic mass is 16.5. The second kappa shape index (κ2) is 6.58. The van der Waals surface area contributed by atoms with Crippen LogP contribution in [0.2, 0.25) is 0 Å². The van der Waals surface area contributed by atoms with Crippen molar-refractivity contribution in [3.8, 4) is 11.5 Å². The third-order valence-electron chi connectivity index (χ3n) is 5.43. The molecule has 146 valence electrons. The topological polar surface area (TPSA) is 69.0 Å². The van der Waals surface area contributed by atoms with Crippen molar-refractivity contribution in [2.24, 2.45) is 5.41 Å². The van der Waals surface area contributed by atoms with E-state index in [1.807, 2.05) is 54.6 Å². The number of carbonyl (C=O) groups is 1. The number of aromatic nitrogens is 3.